The van der Waals surface area contributed by atoms with Crippen LogP contribution < -0.4 is 4.72 Å². The highest BCUT2D eigenvalue weighted by atomic mass is 35.5. The number of ether oxygens (including phenoxy) is 1. The summed E-state index contributed by atoms with van der Waals surface area (Å²) in [5, 5.41) is 0.0295. The molecule has 0 aliphatic heterocycles. The molecule has 0 saturated carbocycles. The molecule has 0 heterocycles. The van der Waals surface area contributed by atoms with Gasteiger partial charge in [-0.3, -0.25) is 4.79 Å². The molecule has 2 rings (SSSR count). The van der Waals surface area contributed by atoms with Crippen LogP contribution in [0.1, 0.15) is 5.56 Å². The van der Waals surface area contributed by atoms with Gasteiger partial charge in [0.05, 0.1) is 5.02 Å². The van der Waals surface area contributed by atoms with E-state index in [2.05, 4.69) is 0 Å². The highest BCUT2D eigenvalue weighted by Crippen LogP contribution is 2.20. The van der Waals surface area contributed by atoms with Crippen LogP contribution in [0.2, 0.25) is 5.02 Å². The van der Waals surface area contributed by atoms with Crippen LogP contribution >= 0.6 is 11.6 Å². The first-order valence-corrected chi connectivity index (χ1v) is 8.60. The zero-order valence-corrected chi connectivity index (χ0v) is 14.0. The molecule has 5 nitrogen and oxygen atoms in total. The van der Waals surface area contributed by atoms with E-state index in [0.717, 1.165) is 24.3 Å². The van der Waals surface area contributed by atoms with Crippen LogP contribution in [0.15, 0.2) is 41.3 Å². The monoisotopic (exact) mass is 393 g/mol. The number of carbonyl (C=O) groups excluding carboxylic acids is 1. The minimum absolute atomic E-state index is 0.0295. The fourth-order valence-corrected chi connectivity index (χ4v) is 3.16. The van der Waals surface area contributed by atoms with Crippen molar-refractivity contribution >= 4 is 27.6 Å². The van der Waals surface area contributed by atoms with Gasteiger partial charge in [-0.05, 0) is 24.3 Å². The second kappa shape index (κ2) is 7.85. The van der Waals surface area contributed by atoms with Gasteiger partial charge in [-0.2, -0.15) is 4.72 Å². The minimum atomic E-state index is -4.62. The van der Waals surface area contributed by atoms with E-state index in [0.29, 0.717) is 0 Å². The lowest BCUT2D eigenvalue weighted by Gasteiger charge is -2.10. The summed E-state index contributed by atoms with van der Waals surface area (Å²) in [6.07, 6.45) is 0. The molecule has 2 aromatic rings. The van der Waals surface area contributed by atoms with Crippen LogP contribution in [0.3, 0.4) is 0 Å². The van der Waals surface area contributed by atoms with E-state index in [1.165, 1.54) is 12.1 Å². The maximum absolute atomic E-state index is 13.5. The number of hydrogen-bond acceptors (Lipinski definition) is 4. The molecule has 0 fully saturated rings. The van der Waals surface area contributed by atoms with Gasteiger partial charge in [0.15, 0.2) is 4.90 Å². The summed E-state index contributed by atoms with van der Waals surface area (Å²) in [5.41, 5.74) is -0.0828. The van der Waals surface area contributed by atoms with Crippen molar-refractivity contribution in [2.45, 2.75) is 11.5 Å². The molecule has 25 heavy (non-hydrogen) atoms. The van der Waals surface area contributed by atoms with Crippen LogP contribution in [0.5, 0.6) is 0 Å². The molecule has 134 valence electrons. The van der Waals surface area contributed by atoms with Crippen molar-refractivity contribution in [1.29, 1.82) is 0 Å². The standard InChI is InChI=1S/C15H11ClF3NO4S/c16-10-3-1-4-11(17)9(10)8-24-14(21)7-20-25(22,23)15-12(18)5-2-6-13(15)19/h1-6,20H,7-8H2. The van der Waals surface area contributed by atoms with Crippen molar-refractivity contribution in [3.05, 3.63) is 64.4 Å². The quantitative estimate of drug-likeness (QED) is 0.766. The van der Waals surface area contributed by atoms with Gasteiger partial charge < -0.3 is 4.74 Å². The van der Waals surface area contributed by atoms with E-state index in [4.69, 9.17) is 16.3 Å². The number of rotatable bonds is 6. The molecule has 2 aromatic carbocycles. The van der Waals surface area contributed by atoms with Crippen molar-refractivity contribution < 1.29 is 31.1 Å². The first kappa shape index (κ1) is 19.2. The zero-order valence-electron chi connectivity index (χ0n) is 12.4. The highest BCUT2D eigenvalue weighted by molar-refractivity contribution is 7.89. The van der Waals surface area contributed by atoms with Crippen molar-refractivity contribution in [2.75, 3.05) is 6.54 Å². The normalized spacial score (nSPS) is 11.4. The molecule has 0 aliphatic carbocycles. The molecular weight excluding hydrogens is 383 g/mol. The van der Waals surface area contributed by atoms with Crippen LogP contribution in [0, 0.1) is 17.5 Å². The molecular formula is C15H11ClF3NO4S. The van der Waals surface area contributed by atoms with Gasteiger partial charge in [0, 0.05) is 5.56 Å². The van der Waals surface area contributed by atoms with Gasteiger partial charge in [0.25, 0.3) is 0 Å². The maximum Gasteiger partial charge on any atom is 0.321 e. The summed E-state index contributed by atoms with van der Waals surface area (Å²) < 4.78 is 70.7. The van der Waals surface area contributed by atoms with E-state index in [-0.39, 0.29) is 10.6 Å². The molecule has 0 spiro atoms. The van der Waals surface area contributed by atoms with Gasteiger partial charge in [-0.25, -0.2) is 21.6 Å². The molecule has 0 atom stereocenters. The summed E-state index contributed by atoms with van der Waals surface area (Å²) in [4.78, 5) is 10.4. The zero-order chi connectivity index (χ0) is 18.6. The van der Waals surface area contributed by atoms with E-state index >= 15 is 0 Å². The molecule has 1 N–H and O–H groups in total. The number of nitrogens with one attached hydrogen (secondary N) is 1. The van der Waals surface area contributed by atoms with Gasteiger partial charge in [0.2, 0.25) is 10.0 Å². The molecule has 10 heteroatoms. The Morgan fingerprint density at radius 2 is 1.60 bits per heavy atom. The van der Waals surface area contributed by atoms with Crippen LogP contribution in [-0.4, -0.2) is 20.9 Å². The summed E-state index contributed by atoms with van der Waals surface area (Å²) in [5.74, 6) is -4.40. The summed E-state index contributed by atoms with van der Waals surface area (Å²) in [6.45, 7) is -1.43. The Bertz CT molecular complexity index is 865. The minimum Gasteiger partial charge on any atom is -0.460 e. The van der Waals surface area contributed by atoms with Crippen molar-refractivity contribution in [3.8, 4) is 0 Å². The molecule has 0 unspecified atom stereocenters. The Kier molecular flexibility index (Phi) is 6.04. The van der Waals surface area contributed by atoms with E-state index in [9.17, 15) is 26.4 Å². The molecule has 0 bridgehead atoms. The number of hydrogen-bond donors (Lipinski definition) is 1. The average molecular weight is 394 g/mol. The Labute approximate surface area is 146 Å². The topological polar surface area (TPSA) is 72.5 Å². The third-order valence-electron chi connectivity index (χ3n) is 3.03. The third kappa shape index (κ3) is 4.71. The fraction of sp³-hybridized carbons (Fsp3) is 0.133. The first-order chi connectivity index (χ1) is 11.7. The van der Waals surface area contributed by atoms with E-state index in [1.54, 1.807) is 4.72 Å². The lowest BCUT2D eigenvalue weighted by Crippen LogP contribution is -2.31. The Morgan fingerprint density at radius 3 is 2.20 bits per heavy atom. The Morgan fingerprint density at radius 1 is 1.04 bits per heavy atom. The molecule has 0 aliphatic rings. The number of sulfonamides is 1. The summed E-state index contributed by atoms with van der Waals surface area (Å²) in [6, 6.07) is 6.37. The first-order valence-electron chi connectivity index (χ1n) is 6.74. The van der Waals surface area contributed by atoms with Crippen LogP contribution in [0.4, 0.5) is 13.2 Å². The molecule has 0 saturated heterocycles. The fourth-order valence-electron chi connectivity index (χ4n) is 1.84. The second-order valence-corrected chi connectivity index (χ2v) is 6.85. The van der Waals surface area contributed by atoms with Gasteiger partial charge >= 0.3 is 5.97 Å². The Balaban J connectivity index is 2.00. The van der Waals surface area contributed by atoms with Gasteiger partial charge in [0.1, 0.15) is 30.6 Å². The lowest BCUT2D eigenvalue weighted by atomic mass is 10.2. The number of carbonyl (C=O) groups is 1. The largest absolute Gasteiger partial charge is 0.460 e. The van der Waals surface area contributed by atoms with Crippen molar-refractivity contribution in [2.24, 2.45) is 0 Å². The van der Waals surface area contributed by atoms with E-state index < -0.39 is 51.5 Å². The van der Waals surface area contributed by atoms with E-state index in [1.807, 2.05) is 0 Å². The predicted octanol–water partition coefficient (Wildman–Crippen LogP) is 2.78. The molecule has 0 aromatic heterocycles. The summed E-state index contributed by atoms with van der Waals surface area (Å²) >= 11 is 5.75. The van der Waals surface area contributed by atoms with Crippen LogP contribution in [0.25, 0.3) is 0 Å². The lowest BCUT2D eigenvalue weighted by molar-refractivity contribution is -0.143. The predicted molar refractivity (Wildman–Crippen MR) is 82.8 cm³/mol. The van der Waals surface area contributed by atoms with Crippen molar-refractivity contribution in [3.63, 3.8) is 0 Å². The van der Waals surface area contributed by atoms with Crippen molar-refractivity contribution in [1.82, 2.24) is 4.72 Å². The average Bonchev–Trinajstić information content (AvgIpc) is 2.52. The smallest absolute Gasteiger partial charge is 0.321 e. The number of benzene rings is 2. The number of halogens is 4. The van der Waals surface area contributed by atoms with Crippen LogP contribution in [-0.2, 0) is 26.2 Å². The maximum atomic E-state index is 13.5. The van der Waals surface area contributed by atoms with Gasteiger partial charge in [-0.15, -0.1) is 0 Å². The SMILES string of the molecule is O=C(CNS(=O)(=O)c1c(F)cccc1F)OCc1c(F)cccc1Cl. The summed E-state index contributed by atoms with van der Waals surface area (Å²) in [7, 11) is -4.62. The number of esters is 1. The van der Waals surface area contributed by atoms with Gasteiger partial charge in [-0.1, -0.05) is 23.7 Å². The molecule has 0 amide bonds. The third-order valence-corrected chi connectivity index (χ3v) is 4.84. The molecule has 0 radical (unpaired) electrons. The highest BCUT2D eigenvalue weighted by Gasteiger charge is 2.24. The Hall–Kier alpha value is -2.10. The second-order valence-electron chi connectivity index (χ2n) is 4.74.